The summed E-state index contributed by atoms with van der Waals surface area (Å²) in [6, 6.07) is 12.2. The molecule has 0 amide bonds. The molecule has 3 rings (SSSR count). The Morgan fingerprint density at radius 2 is 1.83 bits per heavy atom. The number of halogens is 1. The highest BCUT2D eigenvalue weighted by Crippen LogP contribution is 2.26. The Morgan fingerprint density at radius 1 is 1.12 bits per heavy atom. The van der Waals surface area contributed by atoms with Gasteiger partial charge in [0.15, 0.2) is 0 Å². The molecule has 0 saturated heterocycles. The molecule has 0 unspecified atom stereocenters. The van der Waals surface area contributed by atoms with Crippen molar-refractivity contribution in [3.05, 3.63) is 64.7 Å². The lowest BCUT2D eigenvalue weighted by atomic mass is 9.99. The van der Waals surface area contributed by atoms with Crippen LogP contribution in [-0.2, 0) is 29.4 Å². The van der Waals surface area contributed by atoms with Gasteiger partial charge < -0.3 is 0 Å². The minimum atomic E-state index is -3.52. The van der Waals surface area contributed by atoms with Crippen LogP contribution in [0.25, 0.3) is 0 Å². The summed E-state index contributed by atoms with van der Waals surface area (Å²) in [5, 5.41) is -0.496. The van der Waals surface area contributed by atoms with Gasteiger partial charge in [-0.1, -0.05) is 25.1 Å². The molecule has 1 heterocycles. The Balaban J connectivity index is 1.87. The van der Waals surface area contributed by atoms with Crippen LogP contribution in [-0.4, -0.2) is 24.5 Å². The Bertz CT molecular complexity index is 876. The summed E-state index contributed by atoms with van der Waals surface area (Å²) >= 11 is 5.51. The van der Waals surface area contributed by atoms with Crippen LogP contribution in [0.4, 0.5) is 0 Å². The summed E-state index contributed by atoms with van der Waals surface area (Å²) in [6.07, 6.45) is 1.44. The highest BCUT2D eigenvalue weighted by molar-refractivity contribution is 7.89. The normalized spacial score (nSPS) is 15.1. The van der Waals surface area contributed by atoms with Crippen molar-refractivity contribution in [1.29, 1.82) is 0 Å². The molecule has 0 aromatic heterocycles. The molecule has 0 saturated carbocycles. The van der Waals surface area contributed by atoms with E-state index >= 15 is 0 Å². The number of rotatable bonds is 4. The molecule has 4 nitrogen and oxygen atoms in total. The lowest BCUT2D eigenvalue weighted by molar-refractivity contribution is 0.108. The molecule has 126 valence electrons. The van der Waals surface area contributed by atoms with Gasteiger partial charge in [-0.15, -0.1) is 0 Å². The van der Waals surface area contributed by atoms with Gasteiger partial charge in [-0.2, -0.15) is 4.31 Å². The molecule has 0 aliphatic carbocycles. The number of sulfonamides is 1. The number of benzene rings is 2. The number of fused-ring (bicyclic) bond motifs is 1. The summed E-state index contributed by atoms with van der Waals surface area (Å²) in [5.41, 5.74) is 3.45. The van der Waals surface area contributed by atoms with Crippen LogP contribution in [0.2, 0.25) is 0 Å². The second-order valence-electron chi connectivity index (χ2n) is 5.84. The number of aryl methyl sites for hydroxylation is 1. The number of hydrogen-bond acceptors (Lipinski definition) is 3. The fourth-order valence-electron chi connectivity index (χ4n) is 2.90. The van der Waals surface area contributed by atoms with Crippen molar-refractivity contribution in [2.75, 3.05) is 6.54 Å². The minimum Gasteiger partial charge on any atom is -0.276 e. The van der Waals surface area contributed by atoms with E-state index in [1.807, 2.05) is 19.1 Å². The maximum atomic E-state index is 12.8. The van der Waals surface area contributed by atoms with Gasteiger partial charge in [-0.05, 0) is 65.4 Å². The number of carbonyl (C=O) groups excluding carboxylic acids is 1. The van der Waals surface area contributed by atoms with E-state index < -0.39 is 15.3 Å². The average molecular weight is 364 g/mol. The predicted molar refractivity (Wildman–Crippen MR) is 93.7 cm³/mol. The van der Waals surface area contributed by atoms with Gasteiger partial charge in [0.2, 0.25) is 10.0 Å². The minimum absolute atomic E-state index is 0.309. The smallest absolute Gasteiger partial charge is 0.252 e. The van der Waals surface area contributed by atoms with Crippen LogP contribution >= 0.6 is 11.6 Å². The highest BCUT2D eigenvalue weighted by Gasteiger charge is 2.28. The third-order valence-corrected chi connectivity index (χ3v) is 6.46. The largest absolute Gasteiger partial charge is 0.276 e. The number of hydrogen-bond donors (Lipinski definition) is 0. The van der Waals surface area contributed by atoms with E-state index in [0.717, 1.165) is 23.1 Å². The third-order valence-electron chi connectivity index (χ3n) is 4.38. The van der Waals surface area contributed by atoms with Crippen molar-refractivity contribution >= 4 is 26.9 Å². The highest BCUT2D eigenvalue weighted by atomic mass is 35.5. The fraction of sp³-hybridized carbons (Fsp3) is 0.278. The predicted octanol–water partition coefficient (Wildman–Crippen LogP) is 3.38. The molecule has 2 aromatic rings. The Labute approximate surface area is 147 Å². The van der Waals surface area contributed by atoms with E-state index in [0.29, 0.717) is 30.0 Å². The van der Waals surface area contributed by atoms with E-state index in [-0.39, 0.29) is 0 Å². The topological polar surface area (TPSA) is 54.5 Å². The van der Waals surface area contributed by atoms with Gasteiger partial charge in [-0.3, -0.25) is 4.79 Å². The lowest BCUT2D eigenvalue weighted by Crippen LogP contribution is -2.36. The summed E-state index contributed by atoms with van der Waals surface area (Å²) in [5.74, 6) is 0. The second-order valence-corrected chi connectivity index (χ2v) is 8.12. The summed E-state index contributed by atoms with van der Waals surface area (Å²) in [4.78, 5) is 11.6. The summed E-state index contributed by atoms with van der Waals surface area (Å²) < 4.78 is 27.1. The van der Waals surface area contributed by atoms with Crippen molar-refractivity contribution in [2.24, 2.45) is 0 Å². The van der Waals surface area contributed by atoms with Crippen LogP contribution in [0.1, 0.15) is 34.0 Å². The maximum absolute atomic E-state index is 12.8. The first-order valence-electron chi connectivity index (χ1n) is 7.82. The maximum Gasteiger partial charge on any atom is 0.252 e. The van der Waals surface area contributed by atoms with Crippen molar-refractivity contribution in [2.45, 2.75) is 31.2 Å². The van der Waals surface area contributed by atoms with Crippen molar-refractivity contribution < 1.29 is 13.2 Å². The molecule has 0 fully saturated rings. The van der Waals surface area contributed by atoms with Crippen LogP contribution in [0.5, 0.6) is 0 Å². The van der Waals surface area contributed by atoms with Gasteiger partial charge in [0.25, 0.3) is 5.24 Å². The molecule has 0 N–H and O–H groups in total. The Hall–Kier alpha value is -1.69. The van der Waals surface area contributed by atoms with E-state index in [1.165, 1.54) is 4.31 Å². The second kappa shape index (κ2) is 6.67. The van der Waals surface area contributed by atoms with Gasteiger partial charge in [-0.25, -0.2) is 8.42 Å². The van der Waals surface area contributed by atoms with E-state index in [9.17, 15) is 13.2 Å². The quantitative estimate of drug-likeness (QED) is 0.782. The van der Waals surface area contributed by atoms with Crippen molar-refractivity contribution in [3.63, 3.8) is 0 Å². The van der Waals surface area contributed by atoms with Crippen LogP contribution in [0.15, 0.2) is 47.4 Å². The van der Waals surface area contributed by atoms with Gasteiger partial charge in [0.05, 0.1) is 4.90 Å². The van der Waals surface area contributed by atoms with Crippen molar-refractivity contribution in [3.8, 4) is 0 Å². The zero-order chi connectivity index (χ0) is 17.3. The van der Waals surface area contributed by atoms with Gasteiger partial charge in [0.1, 0.15) is 0 Å². The molecule has 24 heavy (non-hydrogen) atoms. The standard InChI is InChI=1S/C18H18ClNO3S/c1-2-13-3-7-17(8-4-13)24(22,23)20-10-9-14-11-15(18(19)21)5-6-16(14)12-20/h3-8,11H,2,9-10,12H2,1H3. The molecule has 1 aliphatic rings. The molecule has 0 spiro atoms. The number of carbonyl (C=O) groups is 1. The average Bonchev–Trinajstić information content (AvgIpc) is 2.60. The first kappa shape index (κ1) is 17.1. The van der Waals surface area contributed by atoms with Crippen LogP contribution in [0, 0.1) is 0 Å². The molecular formula is C18H18ClNO3S. The Kier molecular flexibility index (Phi) is 4.76. The van der Waals surface area contributed by atoms with E-state index in [1.54, 1.807) is 30.3 Å². The first-order valence-corrected chi connectivity index (χ1v) is 9.64. The lowest BCUT2D eigenvalue weighted by Gasteiger charge is -2.28. The molecule has 6 heteroatoms. The third kappa shape index (κ3) is 3.24. The van der Waals surface area contributed by atoms with Crippen LogP contribution in [0.3, 0.4) is 0 Å². The molecule has 1 aliphatic heterocycles. The molecule has 0 bridgehead atoms. The zero-order valence-electron chi connectivity index (χ0n) is 13.3. The molecule has 0 atom stereocenters. The van der Waals surface area contributed by atoms with Gasteiger partial charge >= 0.3 is 0 Å². The fourth-order valence-corrected chi connectivity index (χ4v) is 4.44. The van der Waals surface area contributed by atoms with E-state index in [4.69, 9.17) is 11.6 Å². The number of nitrogens with zero attached hydrogens (tertiary/aromatic N) is 1. The summed E-state index contributed by atoms with van der Waals surface area (Å²) in [6.45, 7) is 2.74. The van der Waals surface area contributed by atoms with Crippen molar-refractivity contribution in [1.82, 2.24) is 4.31 Å². The van der Waals surface area contributed by atoms with E-state index in [2.05, 4.69) is 0 Å². The zero-order valence-corrected chi connectivity index (χ0v) is 14.9. The SMILES string of the molecule is CCc1ccc(S(=O)(=O)N2CCc3cc(C(=O)Cl)ccc3C2)cc1. The Morgan fingerprint density at radius 3 is 2.46 bits per heavy atom. The monoisotopic (exact) mass is 363 g/mol. The molecule has 0 radical (unpaired) electrons. The summed E-state index contributed by atoms with van der Waals surface area (Å²) in [7, 11) is -3.52. The van der Waals surface area contributed by atoms with Gasteiger partial charge in [0, 0.05) is 18.7 Å². The first-order chi connectivity index (χ1) is 11.4. The molecular weight excluding hydrogens is 346 g/mol. The molecule has 2 aromatic carbocycles. The van der Waals surface area contributed by atoms with Crippen LogP contribution < -0.4 is 0 Å².